The molecule has 0 aromatic rings. The fourth-order valence-electron chi connectivity index (χ4n) is 0. The standard InChI is InChI=1S/Ca.La.NO3.2H/c;;2-1(3)4;;/q;;-1;;. The molecule has 0 bridgehead atoms. The molecular weight excluding hydrogens is 241 g/mol. The zero-order chi connectivity index (χ0) is 3.58. The first kappa shape index (κ1) is 15.6. The van der Waals surface area contributed by atoms with Gasteiger partial charge in [0, 0.05) is 35.6 Å². The molecule has 0 spiro atoms. The molecular formula is H2CaLaNO3-. The van der Waals surface area contributed by atoms with Crippen LogP contribution in [0.2, 0.25) is 0 Å². The monoisotopic (exact) mass is 243 g/mol. The van der Waals surface area contributed by atoms with Gasteiger partial charge in [0.05, 0.1) is 5.09 Å². The summed E-state index contributed by atoms with van der Waals surface area (Å²) in [6.45, 7) is 0. The topological polar surface area (TPSA) is 66.2 Å². The molecule has 0 fully saturated rings. The van der Waals surface area contributed by atoms with Crippen LogP contribution in [-0.4, -0.2) is 42.8 Å². The molecule has 0 aromatic carbocycles. The third-order valence-corrected chi connectivity index (χ3v) is 0. The van der Waals surface area contributed by atoms with Crippen molar-refractivity contribution in [3.05, 3.63) is 15.3 Å². The van der Waals surface area contributed by atoms with Gasteiger partial charge < -0.3 is 15.3 Å². The summed E-state index contributed by atoms with van der Waals surface area (Å²) in [7, 11) is 0. The van der Waals surface area contributed by atoms with E-state index in [-0.39, 0.29) is 73.3 Å². The van der Waals surface area contributed by atoms with Gasteiger partial charge in [-0.3, -0.25) is 0 Å². The van der Waals surface area contributed by atoms with Crippen LogP contribution in [0, 0.1) is 50.9 Å². The molecule has 0 aliphatic heterocycles. The Morgan fingerprint density at radius 2 is 1.33 bits per heavy atom. The molecule has 4 nitrogen and oxygen atoms in total. The molecule has 1 radical (unpaired) electrons. The van der Waals surface area contributed by atoms with E-state index in [2.05, 4.69) is 0 Å². The van der Waals surface area contributed by atoms with E-state index in [4.69, 9.17) is 15.3 Å². The first-order chi connectivity index (χ1) is 1.73. The quantitative estimate of drug-likeness (QED) is 0.306. The summed E-state index contributed by atoms with van der Waals surface area (Å²) in [5.41, 5.74) is 0. The van der Waals surface area contributed by atoms with Crippen LogP contribution in [0.4, 0.5) is 0 Å². The van der Waals surface area contributed by atoms with Crippen molar-refractivity contribution in [1.82, 2.24) is 0 Å². The summed E-state index contributed by atoms with van der Waals surface area (Å²) < 4.78 is 0. The molecule has 0 aromatic heterocycles. The zero-order valence-corrected chi connectivity index (χ0v) is 5.88. The SMILES string of the molecule is O=[N+]([O-])[O-].[CaH2].[La]. The van der Waals surface area contributed by atoms with Gasteiger partial charge in [0.1, 0.15) is 0 Å². The summed E-state index contributed by atoms with van der Waals surface area (Å²) in [5, 5.41) is 14.8. The first-order valence-electron chi connectivity index (χ1n) is 0.548. The predicted octanol–water partition coefficient (Wildman–Crippen LogP) is -1.16. The number of hydrogen-bond acceptors (Lipinski definition) is 3. The molecule has 0 saturated heterocycles. The molecule has 6 heavy (non-hydrogen) atoms. The van der Waals surface area contributed by atoms with Gasteiger partial charge in [0.2, 0.25) is 0 Å². The van der Waals surface area contributed by atoms with Crippen LogP contribution in [0.15, 0.2) is 0 Å². The van der Waals surface area contributed by atoms with Gasteiger partial charge in [-0.15, -0.1) is 0 Å². The van der Waals surface area contributed by atoms with Crippen LogP contribution in [-0.2, 0) is 0 Å². The van der Waals surface area contributed by atoms with Crippen LogP contribution in [0.1, 0.15) is 0 Å². The van der Waals surface area contributed by atoms with E-state index >= 15 is 0 Å². The molecule has 0 atom stereocenters. The van der Waals surface area contributed by atoms with Crippen molar-refractivity contribution in [2.24, 2.45) is 0 Å². The minimum atomic E-state index is -1.75. The second kappa shape index (κ2) is 9.82. The average Bonchev–Trinajstić information content (AvgIpc) is 0.811. The van der Waals surface area contributed by atoms with E-state index in [1.807, 2.05) is 0 Å². The van der Waals surface area contributed by atoms with E-state index in [9.17, 15) is 0 Å². The molecule has 0 saturated carbocycles. The van der Waals surface area contributed by atoms with Crippen molar-refractivity contribution in [2.75, 3.05) is 0 Å². The fourth-order valence-corrected chi connectivity index (χ4v) is 0. The maximum atomic E-state index is 8.25. The molecule has 31 valence electrons. The van der Waals surface area contributed by atoms with Gasteiger partial charge in [-0.2, -0.15) is 0 Å². The third kappa shape index (κ3) is 44.8. The number of hydrogen-bond donors (Lipinski definition) is 0. The van der Waals surface area contributed by atoms with Crippen LogP contribution in [0.25, 0.3) is 0 Å². The van der Waals surface area contributed by atoms with Crippen LogP contribution >= 0.6 is 0 Å². The molecule has 0 rings (SSSR count). The van der Waals surface area contributed by atoms with Crippen LogP contribution < -0.4 is 0 Å². The summed E-state index contributed by atoms with van der Waals surface area (Å²) in [5.74, 6) is 0. The van der Waals surface area contributed by atoms with Gasteiger partial charge in [0.25, 0.3) is 0 Å². The van der Waals surface area contributed by atoms with Crippen LogP contribution in [0.5, 0.6) is 0 Å². The van der Waals surface area contributed by atoms with E-state index in [1.165, 1.54) is 0 Å². The van der Waals surface area contributed by atoms with E-state index in [1.54, 1.807) is 0 Å². The molecule has 0 aliphatic carbocycles. The average molecular weight is 243 g/mol. The normalized spacial score (nSPS) is 4.00. The van der Waals surface area contributed by atoms with Gasteiger partial charge >= 0.3 is 37.7 Å². The summed E-state index contributed by atoms with van der Waals surface area (Å²) in [6.07, 6.45) is 0. The molecule has 0 aliphatic rings. The first-order valence-corrected chi connectivity index (χ1v) is 0.548. The maximum Gasteiger partial charge on any atom is 0 e. The Morgan fingerprint density at radius 3 is 1.33 bits per heavy atom. The Balaban J connectivity index is -0.0000000450. The van der Waals surface area contributed by atoms with Gasteiger partial charge in [-0.25, -0.2) is 0 Å². The van der Waals surface area contributed by atoms with E-state index < -0.39 is 5.09 Å². The minimum Gasteiger partial charge on any atom is 0 e. The Morgan fingerprint density at radius 1 is 1.33 bits per heavy atom. The molecule has 0 N–H and O–H groups in total. The second-order valence-corrected chi connectivity index (χ2v) is 0.224. The van der Waals surface area contributed by atoms with Gasteiger partial charge in [-0.1, -0.05) is 0 Å². The predicted molar refractivity (Wildman–Crippen MR) is 18.9 cm³/mol. The molecule has 0 unspecified atom stereocenters. The fraction of sp³-hybridized carbons (Fsp3) is 0. The Kier molecular flexibility index (Phi) is 25.6. The van der Waals surface area contributed by atoms with E-state index in [0.29, 0.717) is 0 Å². The van der Waals surface area contributed by atoms with Crippen molar-refractivity contribution in [2.45, 2.75) is 0 Å². The Labute approximate surface area is 92.0 Å². The maximum absolute atomic E-state index is 8.25. The molecule has 0 amide bonds. The van der Waals surface area contributed by atoms with E-state index in [0.717, 1.165) is 0 Å². The summed E-state index contributed by atoms with van der Waals surface area (Å²) >= 11 is 0. The van der Waals surface area contributed by atoms with Crippen molar-refractivity contribution in [1.29, 1.82) is 0 Å². The third-order valence-electron chi connectivity index (χ3n) is 0. The minimum absolute atomic E-state index is 0. The van der Waals surface area contributed by atoms with Crippen molar-refractivity contribution < 1.29 is 40.7 Å². The summed E-state index contributed by atoms with van der Waals surface area (Å²) in [6, 6.07) is 0. The number of nitrogens with zero attached hydrogens (tertiary/aromatic N) is 1. The van der Waals surface area contributed by atoms with Crippen molar-refractivity contribution >= 4 is 37.7 Å². The Bertz CT molecular complexity index is 33.8. The van der Waals surface area contributed by atoms with Crippen molar-refractivity contribution in [3.63, 3.8) is 0 Å². The van der Waals surface area contributed by atoms with Gasteiger partial charge in [0.15, 0.2) is 0 Å². The molecule has 0 heterocycles. The second-order valence-electron chi connectivity index (χ2n) is 0.224. The van der Waals surface area contributed by atoms with Crippen LogP contribution in [0.3, 0.4) is 0 Å². The van der Waals surface area contributed by atoms with Crippen molar-refractivity contribution in [3.8, 4) is 0 Å². The van der Waals surface area contributed by atoms with Gasteiger partial charge in [-0.05, 0) is 0 Å². The zero-order valence-electron chi connectivity index (χ0n) is 2.25. The molecule has 6 heteroatoms. The summed E-state index contributed by atoms with van der Waals surface area (Å²) in [4.78, 5) is 8.25. The Hall–Kier alpha value is 1.65. The largest absolute Gasteiger partial charge is 0 e. The number of rotatable bonds is 0. The smallest absolute Gasteiger partial charge is 0 e.